The Morgan fingerprint density at radius 3 is 2.33 bits per heavy atom. The van der Waals surface area contributed by atoms with Gasteiger partial charge in [-0.1, -0.05) is 30.3 Å². The molecule has 1 fully saturated rings. The minimum absolute atomic E-state index is 0.743. The van der Waals surface area contributed by atoms with Crippen molar-refractivity contribution in [2.24, 2.45) is 0 Å². The molecule has 0 bridgehead atoms. The van der Waals surface area contributed by atoms with Crippen LogP contribution in [-0.2, 0) is 0 Å². The Balaban J connectivity index is 1.81. The van der Waals surface area contributed by atoms with Crippen molar-refractivity contribution in [3.05, 3.63) is 60.9 Å². The number of benzene rings is 1. The Morgan fingerprint density at radius 2 is 1.58 bits per heavy atom. The van der Waals surface area contributed by atoms with Crippen LogP contribution in [0.3, 0.4) is 0 Å². The van der Waals surface area contributed by atoms with Gasteiger partial charge in [-0.15, -0.1) is 0 Å². The van der Waals surface area contributed by atoms with E-state index < -0.39 is 0 Å². The Labute approximate surface area is 141 Å². The van der Waals surface area contributed by atoms with Gasteiger partial charge in [-0.05, 0) is 12.1 Å². The highest BCUT2D eigenvalue weighted by Gasteiger charge is 2.15. The van der Waals surface area contributed by atoms with E-state index in [1.54, 1.807) is 12.4 Å². The molecule has 2 aromatic heterocycles. The first-order valence-electron chi connectivity index (χ1n) is 8.21. The lowest BCUT2D eigenvalue weighted by Gasteiger charge is -2.29. The summed E-state index contributed by atoms with van der Waals surface area (Å²) in [4.78, 5) is 16.0. The Hall–Kier alpha value is -2.79. The van der Waals surface area contributed by atoms with Crippen molar-refractivity contribution < 1.29 is 0 Å². The van der Waals surface area contributed by atoms with E-state index in [0.717, 1.165) is 54.6 Å². The summed E-state index contributed by atoms with van der Waals surface area (Å²) in [5, 5.41) is 3.38. The van der Waals surface area contributed by atoms with Gasteiger partial charge in [-0.2, -0.15) is 0 Å². The second-order valence-corrected chi connectivity index (χ2v) is 5.77. The molecule has 0 amide bonds. The number of nitrogens with one attached hydrogen (secondary N) is 1. The molecule has 1 aliphatic rings. The highest BCUT2D eigenvalue weighted by atomic mass is 15.2. The summed E-state index contributed by atoms with van der Waals surface area (Å²) in [6, 6.07) is 16.2. The quantitative estimate of drug-likeness (QED) is 0.805. The van der Waals surface area contributed by atoms with E-state index in [1.807, 2.05) is 30.3 Å². The molecule has 120 valence electrons. The molecule has 0 unspecified atom stereocenters. The standard InChI is InChI=1S/C19H19N5/c1-2-4-15(5-3-1)17-14-18(24-12-10-21-11-13-24)23-19(22-17)16-6-8-20-9-7-16/h1-9,14,21H,10-13H2. The lowest BCUT2D eigenvalue weighted by atomic mass is 10.1. The smallest absolute Gasteiger partial charge is 0.162 e. The van der Waals surface area contributed by atoms with Crippen molar-refractivity contribution in [1.29, 1.82) is 0 Å². The molecule has 0 saturated carbocycles. The molecule has 1 saturated heterocycles. The van der Waals surface area contributed by atoms with E-state index in [-0.39, 0.29) is 0 Å². The number of aromatic nitrogens is 3. The van der Waals surface area contributed by atoms with Gasteiger partial charge in [0.1, 0.15) is 5.82 Å². The summed E-state index contributed by atoms with van der Waals surface area (Å²) in [7, 11) is 0. The lowest BCUT2D eigenvalue weighted by molar-refractivity contribution is 0.585. The van der Waals surface area contributed by atoms with Crippen molar-refractivity contribution in [3.63, 3.8) is 0 Å². The topological polar surface area (TPSA) is 53.9 Å². The zero-order chi connectivity index (χ0) is 16.2. The number of pyridine rings is 1. The van der Waals surface area contributed by atoms with Crippen LogP contribution in [0.1, 0.15) is 0 Å². The van der Waals surface area contributed by atoms with Gasteiger partial charge in [-0.3, -0.25) is 4.98 Å². The second-order valence-electron chi connectivity index (χ2n) is 5.77. The first-order chi connectivity index (χ1) is 11.9. The molecule has 5 nitrogen and oxygen atoms in total. The molecule has 1 N–H and O–H groups in total. The van der Waals surface area contributed by atoms with Crippen LogP contribution in [0.5, 0.6) is 0 Å². The largest absolute Gasteiger partial charge is 0.354 e. The molecule has 0 atom stereocenters. The normalized spacial score (nSPS) is 14.6. The molecular weight excluding hydrogens is 298 g/mol. The van der Waals surface area contributed by atoms with Crippen LogP contribution < -0.4 is 10.2 Å². The number of anilines is 1. The van der Waals surface area contributed by atoms with Gasteiger partial charge in [0.15, 0.2) is 5.82 Å². The molecular formula is C19H19N5. The van der Waals surface area contributed by atoms with Crippen LogP contribution in [0.25, 0.3) is 22.6 Å². The predicted octanol–water partition coefficient (Wildman–Crippen LogP) is 2.62. The van der Waals surface area contributed by atoms with E-state index >= 15 is 0 Å². The minimum Gasteiger partial charge on any atom is -0.354 e. The second kappa shape index (κ2) is 6.76. The summed E-state index contributed by atoms with van der Waals surface area (Å²) in [6.45, 7) is 3.88. The minimum atomic E-state index is 0.743. The number of piperazine rings is 1. The molecule has 1 aliphatic heterocycles. The number of rotatable bonds is 3. The third-order valence-electron chi connectivity index (χ3n) is 4.16. The first kappa shape index (κ1) is 14.8. The van der Waals surface area contributed by atoms with Gasteiger partial charge < -0.3 is 10.2 Å². The van der Waals surface area contributed by atoms with Crippen LogP contribution in [0.15, 0.2) is 60.9 Å². The fourth-order valence-corrected chi connectivity index (χ4v) is 2.88. The van der Waals surface area contributed by atoms with E-state index in [0.29, 0.717) is 0 Å². The highest BCUT2D eigenvalue weighted by Crippen LogP contribution is 2.26. The first-order valence-corrected chi connectivity index (χ1v) is 8.21. The van der Waals surface area contributed by atoms with Crippen LogP contribution in [0.4, 0.5) is 5.82 Å². The maximum atomic E-state index is 4.81. The molecule has 0 spiro atoms. The fourth-order valence-electron chi connectivity index (χ4n) is 2.88. The van der Waals surface area contributed by atoms with Crippen LogP contribution in [0.2, 0.25) is 0 Å². The molecule has 5 heteroatoms. The third-order valence-corrected chi connectivity index (χ3v) is 4.16. The Bertz CT molecular complexity index is 741. The molecule has 1 aromatic carbocycles. The van der Waals surface area contributed by atoms with Crippen LogP contribution in [-0.4, -0.2) is 41.1 Å². The average Bonchev–Trinajstić information content (AvgIpc) is 2.70. The molecule has 3 aromatic rings. The Morgan fingerprint density at radius 1 is 0.833 bits per heavy atom. The van der Waals surface area contributed by atoms with Gasteiger partial charge in [0.25, 0.3) is 0 Å². The maximum Gasteiger partial charge on any atom is 0.162 e. The monoisotopic (exact) mass is 317 g/mol. The Kier molecular flexibility index (Phi) is 4.16. The lowest BCUT2D eigenvalue weighted by Crippen LogP contribution is -2.44. The van der Waals surface area contributed by atoms with Crippen LogP contribution >= 0.6 is 0 Å². The fraction of sp³-hybridized carbons (Fsp3) is 0.211. The predicted molar refractivity (Wildman–Crippen MR) is 95.8 cm³/mol. The van der Waals surface area contributed by atoms with Gasteiger partial charge >= 0.3 is 0 Å². The number of nitrogens with zero attached hydrogens (tertiary/aromatic N) is 4. The molecule has 0 radical (unpaired) electrons. The number of hydrogen-bond donors (Lipinski definition) is 1. The summed E-state index contributed by atoms with van der Waals surface area (Å²) in [5.41, 5.74) is 3.04. The summed E-state index contributed by atoms with van der Waals surface area (Å²) in [6.07, 6.45) is 3.55. The van der Waals surface area contributed by atoms with Crippen molar-refractivity contribution >= 4 is 5.82 Å². The summed E-state index contributed by atoms with van der Waals surface area (Å²) < 4.78 is 0. The van der Waals surface area contributed by atoms with Crippen molar-refractivity contribution in [3.8, 4) is 22.6 Å². The van der Waals surface area contributed by atoms with Crippen molar-refractivity contribution in [2.75, 3.05) is 31.1 Å². The van der Waals surface area contributed by atoms with E-state index in [1.165, 1.54) is 0 Å². The van der Waals surface area contributed by atoms with Crippen molar-refractivity contribution in [2.45, 2.75) is 0 Å². The SMILES string of the molecule is c1ccc(-c2cc(N3CCNCC3)nc(-c3ccncc3)n2)cc1. The molecule has 4 rings (SSSR count). The number of hydrogen-bond acceptors (Lipinski definition) is 5. The third kappa shape index (κ3) is 3.12. The zero-order valence-electron chi connectivity index (χ0n) is 13.4. The highest BCUT2D eigenvalue weighted by molar-refractivity contribution is 5.67. The van der Waals surface area contributed by atoms with Gasteiger partial charge in [0, 0.05) is 55.8 Å². The van der Waals surface area contributed by atoms with Gasteiger partial charge in [-0.25, -0.2) is 9.97 Å². The average molecular weight is 317 g/mol. The van der Waals surface area contributed by atoms with E-state index in [4.69, 9.17) is 9.97 Å². The van der Waals surface area contributed by atoms with E-state index in [9.17, 15) is 0 Å². The van der Waals surface area contributed by atoms with Crippen molar-refractivity contribution in [1.82, 2.24) is 20.3 Å². The molecule has 24 heavy (non-hydrogen) atoms. The summed E-state index contributed by atoms with van der Waals surface area (Å²) >= 11 is 0. The maximum absolute atomic E-state index is 4.81. The van der Waals surface area contributed by atoms with Crippen LogP contribution in [0, 0.1) is 0 Å². The van der Waals surface area contributed by atoms with Gasteiger partial charge in [0.2, 0.25) is 0 Å². The zero-order valence-corrected chi connectivity index (χ0v) is 13.4. The molecule has 0 aliphatic carbocycles. The molecule has 3 heterocycles. The summed E-state index contributed by atoms with van der Waals surface area (Å²) in [5.74, 6) is 1.73. The van der Waals surface area contributed by atoms with Gasteiger partial charge in [0.05, 0.1) is 5.69 Å². The van der Waals surface area contributed by atoms with E-state index in [2.05, 4.69) is 33.4 Å².